The zero-order chi connectivity index (χ0) is 23.3. The summed E-state index contributed by atoms with van der Waals surface area (Å²) in [5.74, 6) is 1.28. The van der Waals surface area contributed by atoms with Crippen LogP contribution in [0, 0.1) is 18.3 Å². The second-order valence-corrected chi connectivity index (χ2v) is 6.82. The van der Waals surface area contributed by atoms with Gasteiger partial charge in [-0.25, -0.2) is 4.68 Å². The molecule has 0 saturated carbocycles. The number of nitrogens with zero attached hydrogens (tertiary/aromatic N) is 3. The van der Waals surface area contributed by atoms with Crippen LogP contribution in [0.3, 0.4) is 0 Å². The normalized spacial score (nSPS) is 11.2. The number of nitrogens with one attached hydrogen (secondary N) is 1. The molecule has 1 amide bonds. The molecule has 3 rings (SSSR count). The van der Waals surface area contributed by atoms with E-state index in [1.165, 1.54) is 21.3 Å². The minimum Gasteiger partial charge on any atom is -0.494 e. The van der Waals surface area contributed by atoms with Crippen molar-refractivity contribution >= 4 is 5.91 Å². The number of methoxy groups -OCH3 is 4. The molecule has 0 aliphatic carbocycles. The molecule has 1 aromatic heterocycles. The van der Waals surface area contributed by atoms with Crippen molar-refractivity contribution in [1.29, 1.82) is 5.26 Å². The van der Waals surface area contributed by atoms with Gasteiger partial charge in [0.05, 0.1) is 34.5 Å². The van der Waals surface area contributed by atoms with Crippen LogP contribution in [0.4, 0.5) is 0 Å². The van der Waals surface area contributed by atoms with E-state index < -0.39 is 11.9 Å². The summed E-state index contributed by atoms with van der Waals surface area (Å²) < 4.78 is 22.9. The van der Waals surface area contributed by atoms with Gasteiger partial charge in [0, 0.05) is 6.20 Å². The molecule has 0 aliphatic rings. The molecular formula is C23H24N4O5. The SMILES string of the molecule is COc1ccc(C)cc1-n1ccc(C(=O)NC(C#N)c2cc(OC)c(OC)c(OC)c2)n1. The van der Waals surface area contributed by atoms with Crippen LogP contribution < -0.4 is 24.3 Å². The summed E-state index contributed by atoms with van der Waals surface area (Å²) in [7, 11) is 6.02. The first-order chi connectivity index (χ1) is 15.4. The van der Waals surface area contributed by atoms with Gasteiger partial charge in [0.2, 0.25) is 5.75 Å². The van der Waals surface area contributed by atoms with Gasteiger partial charge in [0.1, 0.15) is 17.5 Å². The van der Waals surface area contributed by atoms with Crippen molar-refractivity contribution in [1.82, 2.24) is 15.1 Å². The number of rotatable bonds is 8. The number of amides is 1. The molecule has 3 aromatic rings. The Labute approximate surface area is 186 Å². The van der Waals surface area contributed by atoms with Gasteiger partial charge in [0.25, 0.3) is 5.91 Å². The van der Waals surface area contributed by atoms with E-state index in [1.54, 1.807) is 36.2 Å². The van der Waals surface area contributed by atoms with Gasteiger partial charge in [-0.1, -0.05) is 6.07 Å². The van der Waals surface area contributed by atoms with Crippen LogP contribution >= 0.6 is 0 Å². The van der Waals surface area contributed by atoms with Crippen molar-refractivity contribution in [3.8, 4) is 34.8 Å². The molecule has 1 unspecified atom stereocenters. The number of carbonyl (C=O) groups excluding carboxylic acids is 1. The maximum absolute atomic E-state index is 12.8. The molecule has 0 fully saturated rings. The Bertz CT molecular complexity index is 1140. The van der Waals surface area contributed by atoms with Gasteiger partial charge in [0.15, 0.2) is 17.2 Å². The molecule has 2 aromatic carbocycles. The van der Waals surface area contributed by atoms with Crippen molar-refractivity contribution in [3.63, 3.8) is 0 Å². The number of hydrogen-bond donors (Lipinski definition) is 1. The number of benzene rings is 2. The number of nitriles is 1. The molecule has 0 spiro atoms. The Kier molecular flexibility index (Phi) is 6.85. The van der Waals surface area contributed by atoms with Crippen molar-refractivity contribution in [3.05, 3.63) is 59.4 Å². The Morgan fingerprint density at radius 1 is 1.00 bits per heavy atom. The maximum Gasteiger partial charge on any atom is 0.273 e. The van der Waals surface area contributed by atoms with Gasteiger partial charge in [-0.3, -0.25) is 4.79 Å². The van der Waals surface area contributed by atoms with Crippen molar-refractivity contribution in [2.75, 3.05) is 28.4 Å². The highest BCUT2D eigenvalue weighted by molar-refractivity contribution is 5.92. The average Bonchev–Trinajstić information content (AvgIpc) is 3.31. The monoisotopic (exact) mass is 436 g/mol. The van der Waals surface area contributed by atoms with Crippen LogP contribution in [0.25, 0.3) is 5.69 Å². The number of aromatic nitrogens is 2. The van der Waals surface area contributed by atoms with E-state index in [2.05, 4.69) is 16.5 Å². The molecular weight excluding hydrogens is 412 g/mol. The third kappa shape index (κ3) is 4.44. The van der Waals surface area contributed by atoms with E-state index in [4.69, 9.17) is 18.9 Å². The molecule has 32 heavy (non-hydrogen) atoms. The molecule has 0 aliphatic heterocycles. The van der Waals surface area contributed by atoms with Crippen LogP contribution in [-0.4, -0.2) is 44.1 Å². The van der Waals surface area contributed by atoms with Gasteiger partial charge in [-0.2, -0.15) is 10.4 Å². The number of hydrogen-bond acceptors (Lipinski definition) is 7. The highest BCUT2D eigenvalue weighted by Crippen LogP contribution is 2.39. The predicted molar refractivity (Wildman–Crippen MR) is 117 cm³/mol. The largest absolute Gasteiger partial charge is 0.494 e. The molecule has 9 nitrogen and oxygen atoms in total. The van der Waals surface area contributed by atoms with Crippen LogP contribution in [0.2, 0.25) is 0 Å². The summed E-state index contributed by atoms with van der Waals surface area (Å²) in [5, 5.41) is 16.7. The van der Waals surface area contributed by atoms with E-state index in [1.807, 2.05) is 25.1 Å². The highest BCUT2D eigenvalue weighted by atomic mass is 16.5. The number of ether oxygens (including phenoxy) is 4. The lowest BCUT2D eigenvalue weighted by Gasteiger charge is -2.17. The molecule has 9 heteroatoms. The van der Waals surface area contributed by atoms with E-state index in [0.717, 1.165) is 5.56 Å². The second-order valence-electron chi connectivity index (χ2n) is 6.82. The first-order valence-electron chi connectivity index (χ1n) is 9.66. The number of carbonyl (C=O) groups is 1. The fourth-order valence-corrected chi connectivity index (χ4v) is 3.22. The Hall–Kier alpha value is -4.19. The van der Waals surface area contributed by atoms with Crippen molar-refractivity contribution in [2.24, 2.45) is 0 Å². The van der Waals surface area contributed by atoms with Gasteiger partial charge >= 0.3 is 0 Å². The summed E-state index contributed by atoms with van der Waals surface area (Å²) in [4.78, 5) is 12.8. The minimum absolute atomic E-state index is 0.154. The standard InChI is InChI=1S/C23H24N4O5/c1-14-6-7-19(29-2)18(10-14)27-9-8-16(26-27)23(28)25-17(13-24)15-11-20(30-3)22(32-5)21(12-15)31-4/h6-12,17H,1-5H3,(H,25,28). The van der Waals surface area contributed by atoms with E-state index in [-0.39, 0.29) is 5.69 Å². The van der Waals surface area contributed by atoms with Crippen LogP contribution in [0.1, 0.15) is 27.7 Å². The second kappa shape index (κ2) is 9.75. The summed E-state index contributed by atoms with van der Waals surface area (Å²) in [6.45, 7) is 1.95. The first-order valence-corrected chi connectivity index (χ1v) is 9.66. The fourth-order valence-electron chi connectivity index (χ4n) is 3.22. The lowest BCUT2D eigenvalue weighted by Crippen LogP contribution is -2.28. The first kappa shape index (κ1) is 22.5. The summed E-state index contributed by atoms with van der Waals surface area (Å²) >= 11 is 0. The maximum atomic E-state index is 12.8. The lowest BCUT2D eigenvalue weighted by molar-refractivity contribution is 0.0939. The van der Waals surface area contributed by atoms with Crippen LogP contribution in [0.15, 0.2) is 42.6 Å². The summed E-state index contributed by atoms with van der Waals surface area (Å²) in [6.07, 6.45) is 1.66. The van der Waals surface area contributed by atoms with Gasteiger partial charge in [-0.05, 0) is 48.4 Å². The Morgan fingerprint density at radius 2 is 1.66 bits per heavy atom. The lowest BCUT2D eigenvalue weighted by atomic mass is 10.1. The molecule has 1 N–H and O–H groups in total. The van der Waals surface area contributed by atoms with Crippen LogP contribution in [0.5, 0.6) is 23.0 Å². The zero-order valence-electron chi connectivity index (χ0n) is 18.5. The minimum atomic E-state index is -0.963. The topological polar surface area (TPSA) is 108 Å². The Morgan fingerprint density at radius 3 is 2.22 bits per heavy atom. The zero-order valence-corrected chi connectivity index (χ0v) is 18.5. The molecule has 0 radical (unpaired) electrons. The Balaban J connectivity index is 1.88. The fraction of sp³-hybridized carbons (Fsp3) is 0.261. The van der Waals surface area contributed by atoms with Crippen LogP contribution in [-0.2, 0) is 0 Å². The van der Waals surface area contributed by atoms with Crippen molar-refractivity contribution < 1.29 is 23.7 Å². The predicted octanol–water partition coefficient (Wildman–Crippen LogP) is 3.21. The quantitative estimate of drug-likeness (QED) is 0.578. The smallest absolute Gasteiger partial charge is 0.273 e. The molecule has 0 saturated heterocycles. The third-order valence-electron chi connectivity index (χ3n) is 4.83. The van der Waals surface area contributed by atoms with E-state index >= 15 is 0 Å². The van der Waals surface area contributed by atoms with Crippen molar-refractivity contribution in [2.45, 2.75) is 13.0 Å². The number of aryl methyl sites for hydroxylation is 1. The van der Waals surface area contributed by atoms with E-state index in [9.17, 15) is 10.1 Å². The molecule has 1 heterocycles. The average molecular weight is 436 g/mol. The van der Waals surface area contributed by atoms with Gasteiger partial charge < -0.3 is 24.3 Å². The van der Waals surface area contributed by atoms with E-state index in [0.29, 0.717) is 34.2 Å². The molecule has 1 atom stereocenters. The van der Waals surface area contributed by atoms with Gasteiger partial charge in [-0.15, -0.1) is 0 Å². The summed E-state index contributed by atoms with van der Waals surface area (Å²) in [5.41, 5.74) is 2.36. The molecule has 166 valence electrons. The third-order valence-corrected chi connectivity index (χ3v) is 4.83. The highest BCUT2D eigenvalue weighted by Gasteiger charge is 2.22. The summed E-state index contributed by atoms with van der Waals surface area (Å²) in [6, 6.07) is 11.6. The molecule has 0 bridgehead atoms.